The highest BCUT2D eigenvalue weighted by Gasteiger charge is 2.11. The minimum absolute atomic E-state index is 0.350. The summed E-state index contributed by atoms with van der Waals surface area (Å²) in [5, 5.41) is 14.0. The summed E-state index contributed by atoms with van der Waals surface area (Å²) < 4.78 is 13.6. The Bertz CT molecular complexity index is 602. The van der Waals surface area contributed by atoms with Crippen LogP contribution >= 0.6 is 23.1 Å². The molecule has 1 atom stereocenters. The second-order valence-corrected chi connectivity index (χ2v) is 6.96. The normalized spacial score (nSPS) is 12.0. The number of thioether (sulfide) groups is 1. The summed E-state index contributed by atoms with van der Waals surface area (Å²) in [4.78, 5) is 11.8. The van der Waals surface area contributed by atoms with Gasteiger partial charge >= 0.3 is 6.03 Å². The average molecular weight is 326 g/mol. The van der Waals surface area contributed by atoms with E-state index in [4.69, 9.17) is 0 Å². The lowest BCUT2D eigenvalue weighted by Gasteiger charge is -2.04. The van der Waals surface area contributed by atoms with E-state index < -0.39 is 6.03 Å². The second-order valence-electron chi connectivity index (χ2n) is 4.30. The Morgan fingerprint density at radius 1 is 1.33 bits per heavy atom. The maximum absolute atomic E-state index is 12.8. The fourth-order valence-electron chi connectivity index (χ4n) is 1.36. The van der Waals surface area contributed by atoms with E-state index >= 15 is 0 Å². The molecule has 0 saturated heterocycles. The number of hydrogen-bond acceptors (Lipinski definition) is 5. The van der Waals surface area contributed by atoms with Gasteiger partial charge in [0, 0.05) is 10.9 Å². The maximum atomic E-state index is 12.8. The number of nitrogens with one attached hydrogen (secondary N) is 2. The van der Waals surface area contributed by atoms with Gasteiger partial charge in [-0.25, -0.2) is 9.18 Å². The zero-order chi connectivity index (χ0) is 15.2. The Balaban J connectivity index is 1.89. The van der Waals surface area contributed by atoms with E-state index in [0.717, 1.165) is 10.8 Å². The SMILES string of the molecule is CC[C@H](C)Sc1nnc(NC(=O)Nc2ccc(F)cc2)s1. The van der Waals surface area contributed by atoms with E-state index in [2.05, 4.69) is 34.7 Å². The number of amides is 2. The number of carbonyl (C=O) groups excluding carboxylic acids is 1. The molecule has 5 nitrogen and oxygen atoms in total. The Hall–Kier alpha value is -1.67. The molecule has 0 aliphatic carbocycles. The summed E-state index contributed by atoms with van der Waals surface area (Å²) in [5.74, 6) is -0.350. The van der Waals surface area contributed by atoms with Crippen LogP contribution in [0, 0.1) is 5.82 Å². The van der Waals surface area contributed by atoms with E-state index in [-0.39, 0.29) is 5.82 Å². The lowest BCUT2D eigenvalue weighted by Crippen LogP contribution is -2.19. The van der Waals surface area contributed by atoms with Crippen LogP contribution in [-0.4, -0.2) is 21.5 Å². The molecule has 2 aromatic rings. The molecule has 1 aromatic heterocycles. The Labute approximate surface area is 130 Å². The number of nitrogens with zero attached hydrogens (tertiary/aromatic N) is 2. The Kier molecular flexibility index (Phi) is 5.51. The van der Waals surface area contributed by atoms with Crippen molar-refractivity contribution in [2.45, 2.75) is 29.9 Å². The highest BCUT2D eigenvalue weighted by atomic mass is 32.2. The summed E-state index contributed by atoms with van der Waals surface area (Å²) in [5.41, 5.74) is 0.507. The van der Waals surface area contributed by atoms with Crippen LogP contribution < -0.4 is 10.6 Å². The van der Waals surface area contributed by atoms with E-state index in [0.29, 0.717) is 16.1 Å². The van der Waals surface area contributed by atoms with Gasteiger partial charge in [0.25, 0.3) is 0 Å². The standard InChI is InChI=1S/C13H15FN4OS2/c1-3-8(2)20-13-18-17-12(21-13)16-11(19)15-10-6-4-9(14)5-7-10/h4-8H,3H2,1-2H3,(H2,15,16,17,19)/t8-/m0/s1. The van der Waals surface area contributed by atoms with E-state index in [1.807, 2.05) is 0 Å². The number of anilines is 2. The quantitative estimate of drug-likeness (QED) is 0.638. The molecule has 0 radical (unpaired) electrons. The zero-order valence-corrected chi connectivity index (χ0v) is 13.2. The Morgan fingerprint density at radius 3 is 2.71 bits per heavy atom. The van der Waals surface area contributed by atoms with Crippen LogP contribution in [0.25, 0.3) is 0 Å². The summed E-state index contributed by atoms with van der Waals surface area (Å²) in [6.07, 6.45) is 1.04. The van der Waals surface area contributed by atoms with Crippen molar-refractivity contribution in [3.05, 3.63) is 30.1 Å². The van der Waals surface area contributed by atoms with Crippen molar-refractivity contribution in [3.63, 3.8) is 0 Å². The van der Waals surface area contributed by atoms with Gasteiger partial charge < -0.3 is 5.32 Å². The first-order chi connectivity index (χ1) is 10.1. The summed E-state index contributed by atoms with van der Waals surface area (Å²) in [6.45, 7) is 4.22. The van der Waals surface area contributed by atoms with Gasteiger partial charge in [0.05, 0.1) is 0 Å². The van der Waals surface area contributed by atoms with Crippen LogP contribution in [0.4, 0.5) is 20.0 Å². The van der Waals surface area contributed by atoms with Crippen LogP contribution in [0.5, 0.6) is 0 Å². The molecule has 2 amide bonds. The topological polar surface area (TPSA) is 66.9 Å². The molecule has 1 aromatic carbocycles. The molecule has 0 fully saturated rings. The number of benzene rings is 1. The molecule has 112 valence electrons. The van der Waals surface area contributed by atoms with Gasteiger partial charge in [-0.15, -0.1) is 10.2 Å². The van der Waals surface area contributed by atoms with Crippen molar-refractivity contribution < 1.29 is 9.18 Å². The third-order valence-electron chi connectivity index (χ3n) is 2.61. The van der Waals surface area contributed by atoms with Crippen molar-refractivity contribution in [1.29, 1.82) is 0 Å². The highest BCUT2D eigenvalue weighted by Crippen LogP contribution is 2.29. The van der Waals surface area contributed by atoms with Crippen molar-refractivity contribution in [2.24, 2.45) is 0 Å². The lowest BCUT2D eigenvalue weighted by atomic mass is 10.3. The fraction of sp³-hybridized carbons (Fsp3) is 0.308. The maximum Gasteiger partial charge on any atom is 0.325 e. The first kappa shape index (κ1) is 15.7. The molecule has 8 heteroatoms. The number of urea groups is 1. The number of carbonyl (C=O) groups is 1. The molecule has 2 N–H and O–H groups in total. The van der Waals surface area contributed by atoms with Crippen LogP contribution in [0.15, 0.2) is 28.6 Å². The predicted octanol–water partition coefficient (Wildman–Crippen LogP) is 4.21. The number of rotatable bonds is 5. The molecular weight excluding hydrogens is 311 g/mol. The lowest BCUT2D eigenvalue weighted by molar-refractivity contribution is 0.262. The molecule has 0 bridgehead atoms. The van der Waals surface area contributed by atoms with Gasteiger partial charge in [-0.05, 0) is 30.7 Å². The molecule has 1 heterocycles. The minimum atomic E-state index is -0.433. The molecule has 0 saturated carbocycles. The van der Waals surface area contributed by atoms with E-state index in [9.17, 15) is 9.18 Å². The molecule has 2 rings (SSSR count). The molecule has 0 spiro atoms. The Morgan fingerprint density at radius 2 is 2.05 bits per heavy atom. The van der Waals surface area contributed by atoms with Gasteiger partial charge in [0.2, 0.25) is 5.13 Å². The number of hydrogen-bond donors (Lipinski definition) is 2. The largest absolute Gasteiger partial charge is 0.325 e. The molecule has 21 heavy (non-hydrogen) atoms. The highest BCUT2D eigenvalue weighted by molar-refractivity contribution is 8.01. The first-order valence-corrected chi connectivity index (χ1v) is 8.10. The molecule has 0 aliphatic heterocycles. The summed E-state index contributed by atoms with van der Waals surface area (Å²) in [6, 6.07) is 5.10. The number of aromatic nitrogens is 2. The van der Waals surface area contributed by atoms with Gasteiger partial charge in [0.1, 0.15) is 5.82 Å². The van der Waals surface area contributed by atoms with Crippen LogP contribution in [-0.2, 0) is 0 Å². The van der Waals surface area contributed by atoms with Crippen molar-refractivity contribution in [3.8, 4) is 0 Å². The number of halogens is 1. The van der Waals surface area contributed by atoms with E-state index in [1.54, 1.807) is 11.8 Å². The smallest absolute Gasteiger partial charge is 0.308 e. The van der Waals surface area contributed by atoms with Crippen LogP contribution in [0.2, 0.25) is 0 Å². The molecule has 0 unspecified atom stereocenters. The third-order valence-corrected chi connectivity index (χ3v) is 4.80. The van der Waals surface area contributed by atoms with Gasteiger partial charge in [-0.2, -0.15) is 0 Å². The monoisotopic (exact) mass is 326 g/mol. The van der Waals surface area contributed by atoms with E-state index in [1.165, 1.54) is 35.6 Å². The fourth-order valence-corrected chi connectivity index (χ4v) is 3.35. The van der Waals surface area contributed by atoms with Gasteiger partial charge in [0.15, 0.2) is 4.34 Å². The molecular formula is C13H15FN4OS2. The summed E-state index contributed by atoms with van der Waals surface area (Å²) >= 11 is 2.96. The van der Waals surface area contributed by atoms with Gasteiger partial charge in [-0.1, -0.05) is 36.9 Å². The summed E-state index contributed by atoms with van der Waals surface area (Å²) in [7, 11) is 0. The second kappa shape index (κ2) is 7.37. The first-order valence-electron chi connectivity index (χ1n) is 6.40. The zero-order valence-electron chi connectivity index (χ0n) is 11.6. The van der Waals surface area contributed by atoms with Crippen LogP contribution in [0.1, 0.15) is 20.3 Å². The molecule has 0 aliphatic rings. The predicted molar refractivity (Wildman–Crippen MR) is 84.6 cm³/mol. The van der Waals surface area contributed by atoms with Crippen molar-refractivity contribution in [2.75, 3.05) is 10.6 Å². The van der Waals surface area contributed by atoms with Crippen LogP contribution in [0.3, 0.4) is 0 Å². The average Bonchev–Trinajstić information content (AvgIpc) is 2.88. The van der Waals surface area contributed by atoms with Crippen molar-refractivity contribution in [1.82, 2.24) is 10.2 Å². The van der Waals surface area contributed by atoms with Crippen molar-refractivity contribution >= 4 is 39.9 Å². The minimum Gasteiger partial charge on any atom is -0.308 e. The van der Waals surface area contributed by atoms with Gasteiger partial charge in [-0.3, -0.25) is 5.32 Å². The third kappa shape index (κ3) is 4.98.